The van der Waals surface area contributed by atoms with Crippen molar-refractivity contribution in [3.8, 4) is 11.5 Å². The molecule has 0 amide bonds. The first kappa shape index (κ1) is 16.8. The van der Waals surface area contributed by atoms with Crippen LogP contribution >= 0.6 is 0 Å². The molecule has 114 valence electrons. The second-order valence-electron chi connectivity index (χ2n) is 5.36. The summed E-state index contributed by atoms with van der Waals surface area (Å²) < 4.78 is 10.5. The summed E-state index contributed by atoms with van der Waals surface area (Å²) in [5.74, 6) is 1.96. The number of rotatable bonds is 8. The molecule has 0 fully saturated rings. The van der Waals surface area contributed by atoms with Crippen LogP contribution in [0.4, 0.5) is 0 Å². The molecule has 2 unspecified atom stereocenters. The van der Waals surface area contributed by atoms with E-state index in [2.05, 4.69) is 18.7 Å². The molecule has 4 nitrogen and oxygen atoms in total. The highest BCUT2D eigenvalue weighted by Crippen LogP contribution is 2.30. The fourth-order valence-electron chi connectivity index (χ4n) is 2.20. The van der Waals surface area contributed by atoms with Gasteiger partial charge < -0.3 is 19.5 Å². The van der Waals surface area contributed by atoms with Crippen LogP contribution in [0.15, 0.2) is 18.2 Å². The van der Waals surface area contributed by atoms with Crippen molar-refractivity contribution in [2.45, 2.75) is 26.4 Å². The van der Waals surface area contributed by atoms with Gasteiger partial charge in [0.25, 0.3) is 0 Å². The molecule has 0 spiro atoms. The van der Waals surface area contributed by atoms with Gasteiger partial charge in [0.15, 0.2) is 11.5 Å². The van der Waals surface area contributed by atoms with Gasteiger partial charge in [-0.15, -0.1) is 0 Å². The molecule has 1 N–H and O–H groups in total. The van der Waals surface area contributed by atoms with Crippen molar-refractivity contribution in [1.29, 1.82) is 0 Å². The maximum Gasteiger partial charge on any atom is 0.161 e. The topological polar surface area (TPSA) is 41.9 Å². The smallest absolute Gasteiger partial charge is 0.161 e. The molecule has 1 aromatic carbocycles. The van der Waals surface area contributed by atoms with Gasteiger partial charge in [0.2, 0.25) is 0 Å². The minimum absolute atomic E-state index is 0.524. The quantitative estimate of drug-likeness (QED) is 0.795. The molecule has 2 atom stereocenters. The number of methoxy groups -OCH3 is 2. The minimum Gasteiger partial charge on any atom is -0.493 e. The summed E-state index contributed by atoms with van der Waals surface area (Å²) in [6, 6.07) is 5.54. The number of benzene rings is 1. The zero-order valence-corrected chi connectivity index (χ0v) is 13.2. The zero-order valence-electron chi connectivity index (χ0n) is 13.2. The highest BCUT2D eigenvalue weighted by molar-refractivity contribution is 5.43. The lowest BCUT2D eigenvalue weighted by molar-refractivity contribution is 0.119. The standard InChI is InChI=1S/C16H27NO3/c1-6-12(2)10-17(3)11-14(18)13-7-8-15(19-4)16(9-13)20-5/h7-9,12,14,18H,6,10-11H2,1-5H3. The van der Waals surface area contributed by atoms with Crippen molar-refractivity contribution in [2.75, 3.05) is 34.4 Å². The molecule has 1 rings (SSSR count). The minimum atomic E-state index is -0.524. The van der Waals surface area contributed by atoms with E-state index in [0.717, 1.165) is 18.5 Å². The maximum atomic E-state index is 10.3. The number of aliphatic hydroxyl groups is 1. The van der Waals surface area contributed by atoms with Crippen molar-refractivity contribution >= 4 is 0 Å². The Hall–Kier alpha value is -1.26. The first-order valence-electron chi connectivity index (χ1n) is 7.10. The molecule has 0 heterocycles. The van der Waals surface area contributed by atoms with E-state index in [1.807, 2.05) is 25.2 Å². The average molecular weight is 281 g/mol. The van der Waals surface area contributed by atoms with Gasteiger partial charge in [-0.05, 0) is 30.7 Å². The molecule has 0 saturated carbocycles. The number of ether oxygens (including phenoxy) is 2. The van der Waals surface area contributed by atoms with Gasteiger partial charge in [-0.2, -0.15) is 0 Å². The molecule has 0 aliphatic rings. The SMILES string of the molecule is CCC(C)CN(C)CC(O)c1ccc(OC)c(OC)c1. The first-order chi connectivity index (χ1) is 9.51. The third-order valence-corrected chi connectivity index (χ3v) is 3.60. The monoisotopic (exact) mass is 281 g/mol. The van der Waals surface area contributed by atoms with Gasteiger partial charge in [-0.3, -0.25) is 0 Å². The van der Waals surface area contributed by atoms with Gasteiger partial charge in [-0.1, -0.05) is 26.3 Å². The molecular weight excluding hydrogens is 254 g/mol. The molecular formula is C16H27NO3. The van der Waals surface area contributed by atoms with Crippen LogP contribution in [0.2, 0.25) is 0 Å². The van der Waals surface area contributed by atoms with Gasteiger partial charge in [0, 0.05) is 13.1 Å². The normalized spacial score (nSPS) is 14.2. The van der Waals surface area contributed by atoms with Crippen LogP contribution in [0.1, 0.15) is 31.9 Å². The molecule has 1 aromatic rings. The van der Waals surface area contributed by atoms with E-state index in [1.165, 1.54) is 0 Å². The van der Waals surface area contributed by atoms with Crippen LogP contribution in [0.3, 0.4) is 0 Å². The van der Waals surface area contributed by atoms with Crippen LogP contribution in [0.5, 0.6) is 11.5 Å². The zero-order chi connectivity index (χ0) is 15.1. The lowest BCUT2D eigenvalue weighted by Gasteiger charge is -2.23. The molecule has 0 aromatic heterocycles. The molecule has 4 heteroatoms. The van der Waals surface area contributed by atoms with Crippen molar-refractivity contribution in [3.05, 3.63) is 23.8 Å². The van der Waals surface area contributed by atoms with Crippen molar-refractivity contribution in [3.63, 3.8) is 0 Å². The van der Waals surface area contributed by atoms with Crippen LogP contribution in [0.25, 0.3) is 0 Å². The van der Waals surface area contributed by atoms with E-state index < -0.39 is 6.10 Å². The van der Waals surface area contributed by atoms with E-state index in [0.29, 0.717) is 24.0 Å². The summed E-state index contributed by atoms with van der Waals surface area (Å²) in [4.78, 5) is 2.16. The Morgan fingerprint density at radius 1 is 1.15 bits per heavy atom. The largest absolute Gasteiger partial charge is 0.493 e. The Balaban J connectivity index is 2.69. The molecule has 0 aliphatic heterocycles. The van der Waals surface area contributed by atoms with E-state index in [9.17, 15) is 5.11 Å². The summed E-state index contributed by atoms with van der Waals surface area (Å²) in [7, 11) is 5.24. The Morgan fingerprint density at radius 3 is 2.35 bits per heavy atom. The van der Waals surface area contributed by atoms with Gasteiger partial charge >= 0.3 is 0 Å². The fraction of sp³-hybridized carbons (Fsp3) is 0.625. The second kappa shape index (κ2) is 8.12. The van der Waals surface area contributed by atoms with Gasteiger partial charge in [-0.25, -0.2) is 0 Å². The summed E-state index contributed by atoms with van der Waals surface area (Å²) in [5, 5.41) is 10.3. The Kier molecular flexibility index (Phi) is 6.82. The Labute approximate surface area is 122 Å². The molecule has 0 bridgehead atoms. The van der Waals surface area contributed by atoms with Crippen LogP contribution < -0.4 is 9.47 Å². The maximum absolute atomic E-state index is 10.3. The number of aliphatic hydroxyl groups excluding tert-OH is 1. The average Bonchev–Trinajstić information content (AvgIpc) is 2.45. The van der Waals surface area contributed by atoms with E-state index in [4.69, 9.17) is 9.47 Å². The fourth-order valence-corrected chi connectivity index (χ4v) is 2.20. The van der Waals surface area contributed by atoms with Crippen LogP contribution in [-0.4, -0.2) is 44.4 Å². The number of likely N-dealkylation sites (N-methyl/N-ethyl adjacent to an activating group) is 1. The summed E-state index contributed by atoms with van der Waals surface area (Å²) >= 11 is 0. The van der Waals surface area contributed by atoms with E-state index >= 15 is 0 Å². The van der Waals surface area contributed by atoms with Gasteiger partial charge in [0.05, 0.1) is 20.3 Å². The predicted octanol–water partition coefficient (Wildman–Crippen LogP) is 2.72. The number of hydrogen-bond donors (Lipinski definition) is 1. The van der Waals surface area contributed by atoms with Gasteiger partial charge in [0.1, 0.15) is 0 Å². The highest BCUT2D eigenvalue weighted by atomic mass is 16.5. The summed E-state index contributed by atoms with van der Waals surface area (Å²) in [6.07, 6.45) is 0.625. The second-order valence-corrected chi connectivity index (χ2v) is 5.36. The Morgan fingerprint density at radius 2 is 1.80 bits per heavy atom. The molecule has 0 saturated heterocycles. The highest BCUT2D eigenvalue weighted by Gasteiger charge is 2.14. The van der Waals surface area contributed by atoms with Crippen molar-refractivity contribution in [1.82, 2.24) is 4.90 Å². The van der Waals surface area contributed by atoms with E-state index in [1.54, 1.807) is 14.2 Å². The van der Waals surface area contributed by atoms with Crippen LogP contribution in [0, 0.1) is 5.92 Å². The predicted molar refractivity (Wildman–Crippen MR) is 81.5 cm³/mol. The Bertz CT molecular complexity index is 409. The summed E-state index contributed by atoms with van der Waals surface area (Å²) in [6.45, 7) is 6.00. The number of hydrogen-bond acceptors (Lipinski definition) is 4. The molecule has 0 radical (unpaired) electrons. The summed E-state index contributed by atoms with van der Waals surface area (Å²) in [5.41, 5.74) is 0.846. The van der Waals surface area contributed by atoms with E-state index in [-0.39, 0.29) is 0 Å². The lowest BCUT2D eigenvalue weighted by atomic mass is 10.1. The first-order valence-corrected chi connectivity index (χ1v) is 7.10. The third-order valence-electron chi connectivity index (χ3n) is 3.60. The van der Waals surface area contributed by atoms with Crippen molar-refractivity contribution < 1.29 is 14.6 Å². The molecule has 0 aliphatic carbocycles. The lowest BCUT2D eigenvalue weighted by Crippen LogP contribution is -2.28. The number of nitrogens with zero attached hydrogens (tertiary/aromatic N) is 1. The van der Waals surface area contributed by atoms with Crippen molar-refractivity contribution in [2.24, 2.45) is 5.92 Å². The third kappa shape index (κ3) is 4.69. The molecule has 20 heavy (non-hydrogen) atoms. The van der Waals surface area contributed by atoms with Crippen LogP contribution in [-0.2, 0) is 0 Å².